The highest BCUT2D eigenvalue weighted by atomic mass is 35.5. The first-order valence-corrected chi connectivity index (χ1v) is 8.83. The van der Waals surface area contributed by atoms with E-state index in [0.29, 0.717) is 33.3 Å². The lowest BCUT2D eigenvalue weighted by Gasteiger charge is -2.08. The lowest BCUT2D eigenvalue weighted by atomic mass is 10.2. The maximum atomic E-state index is 12.6. The zero-order valence-corrected chi connectivity index (χ0v) is 15.1. The van der Waals surface area contributed by atoms with Gasteiger partial charge in [0.05, 0.1) is 11.8 Å². The third-order valence-corrected chi connectivity index (χ3v) is 4.47. The molecule has 28 heavy (non-hydrogen) atoms. The Labute approximate surface area is 163 Å². The molecule has 0 saturated heterocycles. The van der Waals surface area contributed by atoms with E-state index >= 15 is 0 Å². The van der Waals surface area contributed by atoms with Crippen molar-refractivity contribution in [2.24, 2.45) is 0 Å². The Morgan fingerprint density at radius 1 is 1.04 bits per heavy atom. The maximum absolute atomic E-state index is 12.6. The molecule has 0 atom stereocenters. The average Bonchev–Trinajstić information content (AvgIpc) is 3.39. The second kappa shape index (κ2) is 6.47. The lowest BCUT2D eigenvalue weighted by Crippen LogP contribution is -2.16. The highest BCUT2D eigenvalue weighted by Crippen LogP contribution is 2.26. The van der Waals surface area contributed by atoms with Crippen LogP contribution in [-0.4, -0.2) is 25.5 Å². The molecule has 0 saturated carbocycles. The van der Waals surface area contributed by atoms with E-state index < -0.39 is 0 Å². The van der Waals surface area contributed by atoms with Crippen LogP contribution in [0, 0.1) is 0 Å². The zero-order valence-electron chi connectivity index (χ0n) is 14.3. The summed E-state index contributed by atoms with van der Waals surface area (Å²) < 4.78 is 6.89. The molecule has 0 aliphatic rings. The normalized spacial score (nSPS) is 11.2. The van der Waals surface area contributed by atoms with Gasteiger partial charge in [-0.15, -0.1) is 5.10 Å². The van der Waals surface area contributed by atoms with Crippen LogP contribution < -0.4 is 5.32 Å². The summed E-state index contributed by atoms with van der Waals surface area (Å²) in [4.78, 5) is 21.7. The van der Waals surface area contributed by atoms with Crippen LogP contribution in [0.4, 0.5) is 5.95 Å². The molecular weight excluding hydrogens is 378 g/mol. The second-order valence-electron chi connectivity index (χ2n) is 6.07. The number of benzene rings is 2. The summed E-state index contributed by atoms with van der Waals surface area (Å²) >= 11 is 6.16. The largest absolute Gasteiger partial charge is 0.461 e. The number of fused-ring (bicyclic) bond motifs is 3. The summed E-state index contributed by atoms with van der Waals surface area (Å²) in [6.45, 7) is 0. The fourth-order valence-electron chi connectivity index (χ4n) is 2.93. The van der Waals surface area contributed by atoms with Crippen molar-refractivity contribution in [3.8, 4) is 11.6 Å². The predicted molar refractivity (Wildman–Crippen MR) is 105 cm³/mol. The van der Waals surface area contributed by atoms with Crippen molar-refractivity contribution in [1.82, 2.24) is 19.6 Å². The highest BCUT2D eigenvalue weighted by Gasteiger charge is 2.18. The molecule has 5 aromatic rings. The minimum atomic E-state index is -0.294. The smallest absolute Gasteiger partial charge is 0.258 e. The highest BCUT2D eigenvalue weighted by molar-refractivity contribution is 6.31. The molecule has 1 N–H and O–H groups in total. The van der Waals surface area contributed by atoms with Crippen molar-refractivity contribution in [2.75, 3.05) is 5.32 Å². The van der Waals surface area contributed by atoms with E-state index in [0.717, 1.165) is 5.39 Å². The zero-order chi connectivity index (χ0) is 19.1. The van der Waals surface area contributed by atoms with Crippen LogP contribution in [0.3, 0.4) is 0 Å². The molecule has 0 aliphatic heterocycles. The quantitative estimate of drug-likeness (QED) is 0.493. The van der Waals surface area contributed by atoms with Gasteiger partial charge in [-0.3, -0.25) is 10.1 Å². The molecule has 0 radical (unpaired) electrons. The van der Waals surface area contributed by atoms with Crippen LogP contribution in [0.25, 0.3) is 28.1 Å². The van der Waals surface area contributed by atoms with Gasteiger partial charge in [-0.05, 0) is 42.5 Å². The summed E-state index contributed by atoms with van der Waals surface area (Å²) in [5.74, 6) is 0.857. The molecular formula is C20H12ClN5O2. The van der Waals surface area contributed by atoms with Gasteiger partial charge in [-0.25, -0.2) is 9.97 Å². The standard InChI is InChI=1S/C20H12ClN5O2/c21-13-8-9-15-14(11-13)18-23-17(16-7-4-10-28-16)25-26(18)20(22-15)24-19(27)12-5-2-1-3-6-12/h1-11H,(H,22,24,27). The van der Waals surface area contributed by atoms with Crippen LogP contribution in [0.2, 0.25) is 5.02 Å². The number of nitrogens with zero attached hydrogens (tertiary/aromatic N) is 4. The number of amides is 1. The number of rotatable bonds is 3. The Balaban J connectivity index is 1.71. The molecule has 3 aromatic heterocycles. The van der Waals surface area contributed by atoms with Gasteiger partial charge in [0.1, 0.15) is 0 Å². The van der Waals surface area contributed by atoms with Crippen LogP contribution in [0.1, 0.15) is 10.4 Å². The number of halogens is 1. The van der Waals surface area contributed by atoms with Crippen molar-refractivity contribution in [1.29, 1.82) is 0 Å². The second-order valence-corrected chi connectivity index (χ2v) is 6.50. The van der Waals surface area contributed by atoms with Crippen molar-refractivity contribution < 1.29 is 9.21 Å². The average molecular weight is 390 g/mol. The fraction of sp³-hybridized carbons (Fsp3) is 0. The molecule has 5 rings (SSSR count). The van der Waals surface area contributed by atoms with Crippen LogP contribution in [0.15, 0.2) is 71.3 Å². The number of carbonyl (C=O) groups is 1. The summed E-state index contributed by atoms with van der Waals surface area (Å²) in [5.41, 5.74) is 1.67. The molecule has 0 aliphatic carbocycles. The van der Waals surface area contributed by atoms with E-state index in [9.17, 15) is 4.79 Å². The first-order valence-electron chi connectivity index (χ1n) is 8.45. The SMILES string of the molecule is O=C(Nc1nc2ccc(Cl)cc2c2nc(-c3ccco3)nn12)c1ccccc1. The molecule has 7 nitrogen and oxygen atoms in total. The molecule has 1 amide bonds. The predicted octanol–water partition coefficient (Wildman–Crippen LogP) is 4.44. The Morgan fingerprint density at radius 3 is 2.68 bits per heavy atom. The van der Waals surface area contributed by atoms with Crippen molar-refractivity contribution in [3.63, 3.8) is 0 Å². The molecule has 2 aromatic carbocycles. The number of anilines is 1. The summed E-state index contributed by atoms with van der Waals surface area (Å²) in [7, 11) is 0. The van der Waals surface area contributed by atoms with Crippen LogP contribution >= 0.6 is 11.6 Å². The van der Waals surface area contributed by atoms with E-state index in [-0.39, 0.29) is 11.9 Å². The van der Waals surface area contributed by atoms with Gasteiger partial charge in [0, 0.05) is 16.0 Å². The molecule has 0 fully saturated rings. The topological polar surface area (TPSA) is 85.3 Å². The molecule has 0 spiro atoms. The number of furan rings is 1. The first kappa shape index (κ1) is 16.5. The number of nitrogens with one attached hydrogen (secondary N) is 1. The van der Waals surface area contributed by atoms with Crippen molar-refractivity contribution in [2.45, 2.75) is 0 Å². The monoisotopic (exact) mass is 389 g/mol. The van der Waals surface area contributed by atoms with E-state index in [1.807, 2.05) is 6.07 Å². The van der Waals surface area contributed by atoms with Gasteiger partial charge in [-0.1, -0.05) is 29.8 Å². The van der Waals surface area contributed by atoms with Crippen molar-refractivity contribution in [3.05, 3.63) is 77.5 Å². The summed E-state index contributed by atoms with van der Waals surface area (Å²) in [6, 6.07) is 17.7. The van der Waals surface area contributed by atoms with Gasteiger partial charge in [-0.2, -0.15) is 4.52 Å². The molecule has 8 heteroatoms. The minimum absolute atomic E-state index is 0.254. The Kier molecular flexibility index (Phi) is 3.80. The maximum Gasteiger partial charge on any atom is 0.258 e. The fourth-order valence-corrected chi connectivity index (χ4v) is 3.11. The molecule has 3 heterocycles. The van der Waals surface area contributed by atoms with Gasteiger partial charge in [0.25, 0.3) is 5.91 Å². The Hall–Kier alpha value is -3.71. The first-order chi connectivity index (χ1) is 13.7. The molecule has 0 bridgehead atoms. The third-order valence-electron chi connectivity index (χ3n) is 4.24. The van der Waals surface area contributed by atoms with Crippen LogP contribution in [0.5, 0.6) is 0 Å². The van der Waals surface area contributed by atoms with Crippen LogP contribution in [-0.2, 0) is 0 Å². The number of hydrogen-bond donors (Lipinski definition) is 1. The summed E-state index contributed by atoms with van der Waals surface area (Å²) in [6.07, 6.45) is 1.55. The lowest BCUT2D eigenvalue weighted by molar-refractivity contribution is 0.102. The van der Waals surface area contributed by atoms with Crippen molar-refractivity contribution >= 4 is 40.0 Å². The van der Waals surface area contributed by atoms with E-state index in [2.05, 4.69) is 20.4 Å². The summed E-state index contributed by atoms with van der Waals surface area (Å²) in [5, 5.41) is 8.56. The molecule has 0 unspecified atom stereocenters. The van der Waals surface area contributed by atoms with Gasteiger partial charge in [0.15, 0.2) is 11.4 Å². The Morgan fingerprint density at radius 2 is 1.89 bits per heavy atom. The number of hydrogen-bond acceptors (Lipinski definition) is 5. The minimum Gasteiger partial charge on any atom is -0.461 e. The molecule has 136 valence electrons. The van der Waals surface area contributed by atoms with E-state index in [1.54, 1.807) is 60.9 Å². The Bertz CT molecular complexity index is 1310. The third kappa shape index (κ3) is 2.78. The number of aromatic nitrogens is 4. The van der Waals surface area contributed by atoms with Gasteiger partial charge in [0.2, 0.25) is 11.8 Å². The van der Waals surface area contributed by atoms with E-state index in [4.69, 9.17) is 16.0 Å². The number of carbonyl (C=O) groups excluding carboxylic acids is 1. The van der Waals surface area contributed by atoms with Gasteiger partial charge < -0.3 is 4.42 Å². The van der Waals surface area contributed by atoms with E-state index in [1.165, 1.54) is 4.52 Å². The van der Waals surface area contributed by atoms with Gasteiger partial charge >= 0.3 is 0 Å².